The molecule has 0 amide bonds. The maximum Gasteiger partial charge on any atom is 0.342 e. The third kappa shape index (κ3) is 2.93. The summed E-state index contributed by atoms with van der Waals surface area (Å²) in [5.74, 6) is 0.590. The Morgan fingerprint density at radius 1 is 1.25 bits per heavy atom. The zero-order valence-corrected chi connectivity index (χ0v) is 14.1. The summed E-state index contributed by atoms with van der Waals surface area (Å²) in [5.41, 5.74) is 2.27. The van der Waals surface area contributed by atoms with E-state index < -0.39 is 4.92 Å². The van der Waals surface area contributed by atoms with Gasteiger partial charge in [0.05, 0.1) is 11.9 Å². The van der Waals surface area contributed by atoms with E-state index in [2.05, 4.69) is 36.8 Å². The summed E-state index contributed by atoms with van der Waals surface area (Å²) in [6, 6.07) is 8.12. The average Bonchev–Trinajstić information content (AvgIpc) is 2.80. The minimum absolute atomic E-state index is 0.0203. The van der Waals surface area contributed by atoms with Crippen LogP contribution in [0.3, 0.4) is 0 Å². The molecule has 1 heterocycles. The zero-order valence-electron chi connectivity index (χ0n) is 11.0. The molecule has 0 fully saturated rings. The number of benzene rings is 1. The molecular formula is C13H13Br2N3O2. The Balaban J connectivity index is 2.29. The fourth-order valence-electron chi connectivity index (χ4n) is 1.89. The number of hydrogen-bond acceptors (Lipinski definition) is 3. The second kappa shape index (κ2) is 6.05. The lowest BCUT2D eigenvalue weighted by Gasteiger charge is -2.15. The van der Waals surface area contributed by atoms with Crippen LogP contribution in [0.4, 0.5) is 5.82 Å². The smallest absolute Gasteiger partial charge is 0.342 e. The van der Waals surface area contributed by atoms with E-state index in [9.17, 15) is 10.1 Å². The van der Waals surface area contributed by atoms with Crippen molar-refractivity contribution < 1.29 is 4.92 Å². The Labute approximate surface area is 133 Å². The van der Waals surface area contributed by atoms with E-state index in [4.69, 9.17) is 0 Å². The molecule has 1 aromatic carbocycles. The van der Waals surface area contributed by atoms with Crippen LogP contribution in [0.1, 0.15) is 26.6 Å². The highest BCUT2D eigenvalue weighted by Crippen LogP contribution is 2.42. The molecule has 0 aliphatic heterocycles. The van der Waals surface area contributed by atoms with Gasteiger partial charge in [0.25, 0.3) is 0 Å². The van der Waals surface area contributed by atoms with E-state index in [1.807, 2.05) is 31.2 Å². The van der Waals surface area contributed by atoms with E-state index in [1.54, 1.807) is 7.05 Å². The van der Waals surface area contributed by atoms with Crippen molar-refractivity contribution in [1.29, 1.82) is 0 Å². The fourth-order valence-corrected chi connectivity index (χ4v) is 3.16. The maximum absolute atomic E-state index is 10.9. The van der Waals surface area contributed by atoms with Gasteiger partial charge in [-0.25, -0.2) is 9.55 Å². The van der Waals surface area contributed by atoms with Crippen LogP contribution in [0.5, 0.6) is 0 Å². The summed E-state index contributed by atoms with van der Waals surface area (Å²) >= 11 is 7.19. The standard InChI is InChI=1S/C13H13Br2N3O2/c1-8-3-5-9(6-4-8)11(14)12(15)13-16-7-10(17(13)2)18(19)20/h3-7,11-12H,1-2H3. The SMILES string of the molecule is Cc1ccc(C(Br)C(Br)c2ncc([N+](=O)[O-])n2C)cc1. The Hall–Kier alpha value is -1.21. The van der Waals surface area contributed by atoms with E-state index in [1.165, 1.54) is 16.3 Å². The third-order valence-electron chi connectivity index (χ3n) is 3.09. The predicted molar refractivity (Wildman–Crippen MR) is 84.4 cm³/mol. The minimum Gasteiger partial charge on any atom is -0.358 e. The van der Waals surface area contributed by atoms with Crippen molar-refractivity contribution in [2.24, 2.45) is 7.05 Å². The molecule has 2 rings (SSSR count). The molecule has 0 aliphatic carbocycles. The van der Waals surface area contributed by atoms with Crippen LogP contribution >= 0.6 is 31.9 Å². The minimum atomic E-state index is -0.439. The normalized spacial score (nSPS) is 14.0. The van der Waals surface area contributed by atoms with Crippen molar-refractivity contribution >= 4 is 37.7 Å². The molecule has 106 valence electrons. The molecule has 0 radical (unpaired) electrons. The summed E-state index contributed by atoms with van der Waals surface area (Å²) in [6.07, 6.45) is 1.28. The molecule has 20 heavy (non-hydrogen) atoms. The lowest BCUT2D eigenvalue weighted by Crippen LogP contribution is -2.07. The Kier molecular flexibility index (Phi) is 4.59. The molecule has 2 unspecified atom stereocenters. The number of aromatic nitrogens is 2. The Morgan fingerprint density at radius 2 is 1.85 bits per heavy atom. The number of rotatable bonds is 4. The molecule has 7 heteroatoms. The predicted octanol–water partition coefficient (Wildman–Crippen LogP) is 4.21. The number of hydrogen-bond donors (Lipinski definition) is 0. The lowest BCUT2D eigenvalue weighted by atomic mass is 10.1. The van der Waals surface area contributed by atoms with Crippen molar-refractivity contribution in [1.82, 2.24) is 9.55 Å². The van der Waals surface area contributed by atoms with E-state index >= 15 is 0 Å². The van der Waals surface area contributed by atoms with Crippen LogP contribution in [0, 0.1) is 17.0 Å². The molecule has 2 atom stereocenters. The highest BCUT2D eigenvalue weighted by Gasteiger charge is 2.28. The van der Waals surface area contributed by atoms with Gasteiger partial charge in [-0.2, -0.15) is 0 Å². The second-order valence-corrected chi connectivity index (χ2v) is 6.48. The topological polar surface area (TPSA) is 61.0 Å². The molecule has 1 aromatic heterocycles. The van der Waals surface area contributed by atoms with E-state index in [-0.39, 0.29) is 15.5 Å². The van der Waals surface area contributed by atoms with Crippen molar-refractivity contribution in [2.45, 2.75) is 16.6 Å². The molecule has 5 nitrogen and oxygen atoms in total. The van der Waals surface area contributed by atoms with Crippen LogP contribution in [0.25, 0.3) is 0 Å². The van der Waals surface area contributed by atoms with Gasteiger partial charge in [-0.15, -0.1) is 0 Å². The number of imidazole rings is 1. The average molecular weight is 403 g/mol. The number of aryl methyl sites for hydroxylation is 1. The van der Waals surface area contributed by atoms with Crippen molar-refractivity contribution in [3.63, 3.8) is 0 Å². The largest absolute Gasteiger partial charge is 0.358 e. The third-order valence-corrected chi connectivity index (χ3v) is 5.79. The van der Waals surface area contributed by atoms with Crippen LogP contribution < -0.4 is 0 Å². The van der Waals surface area contributed by atoms with Crippen LogP contribution in [-0.2, 0) is 7.05 Å². The highest BCUT2D eigenvalue weighted by molar-refractivity contribution is 9.12. The van der Waals surface area contributed by atoms with Crippen molar-refractivity contribution in [3.05, 3.63) is 57.5 Å². The summed E-state index contributed by atoms with van der Waals surface area (Å²) in [5, 5.41) is 10.9. The van der Waals surface area contributed by atoms with Crippen LogP contribution in [0.15, 0.2) is 30.5 Å². The lowest BCUT2D eigenvalue weighted by molar-refractivity contribution is -0.391. The van der Waals surface area contributed by atoms with Gasteiger partial charge in [0, 0.05) is 0 Å². The summed E-state index contributed by atoms with van der Waals surface area (Å²) in [7, 11) is 1.64. The summed E-state index contributed by atoms with van der Waals surface area (Å²) in [6.45, 7) is 2.03. The molecule has 0 bridgehead atoms. The van der Waals surface area contributed by atoms with Gasteiger partial charge in [0.1, 0.15) is 11.0 Å². The van der Waals surface area contributed by atoms with Gasteiger partial charge in [-0.3, -0.25) is 0 Å². The van der Waals surface area contributed by atoms with E-state index in [0.717, 1.165) is 5.56 Å². The van der Waals surface area contributed by atoms with Crippen LogP contribution in [-0.4, -0.2) is 14.5 Å². The molecule has 2 aromatic rings. The molecule has 0 saturated carbocycles. The first kappa shape index (κ1) is 15.2. The van der Waals surface area contributed by atoms with Gasteiger partial charge in [-0.05, 0) is 17.4 Å². The first-order valence-corrected chi connectivity index (χ1v) is 7.75. The van der Waals surface area contributed by atoms with Gasteiger partial charge in [0.2, 0.25) is 5.82 Å². The molecule has 0 saturated heterocycles. The van der Waals surface area contributed by atoms with Crippen molar-refractivity contribution in [3.8, 4) is 0 Å². The monoisotopic (exact) mass is 401 g/mol. The maximum atomic E-state index is 10.9. The molecule has 0 aliphatic rings. The fraction of sp³-hybridized carbons (Fsp3) is 0.308. The molecule has 0 spiro atoms. The van der Waals surface area contributed by atoms with Gasteiger partial charge in [-0.1, -0.05) is 61.7 Å². The summed E-state index contributed by atoms with van der Waals surface area (Å²) in [4.78, 5) is 14.4. The van der Waals surface area contributed by atoms with Crippen LogP contribution in [0.2, 0.25) is 0 Å². The van der Waals surface area contributed by atoms with Gasteiger partial charge >= 0.3 is 5.82 Å². The molecular weight excluding hydrogens is 390 g/mol. The van der Waals surface area contributed by atoms with Crippen molar-refractivity contribution in [2.75, 3.05) is 0 Å². The Morgan fingerprint density at radius 3 is 2.35 bits per heavy atom. The van der Waals surface area contributed by atoms with Gasteiger partial charge in [0.15, 0.2) is 0 Å². The number of alkyl halides is 2. The number of halogens is 2. The second-order valence-electron chi connectivity index (χ2n) is 4.50. The quantitative estimate of drug-likeness (QED) is 0.437. The first-order chi connectivity index (χ1) is 9.41. The first-order valence-electron chi connectivity index (χ1n) is 5.92. The summed E-state index contributed by atoms with van der Waals surface area (Å²) < 4.78 is 1.49. The zero-order chi connectivity index (χ0) is 14.9. The van der Waals surface area contributed by atoms with E-state index in [0.29, 0.717) is 5.82 Å². The molecule has 0 N–H and O–H groups in total. The highest BCUT2D eigenvalue weighted by atomic mass is 79.9. The van der Waals surface area contributed by atoms with Gasteiger partial charge < -0.3 is 10.1 Å². The Bertz CT molecular complexity index is 625. The number of nitro groups is 1. The number of nitrogens with zero attached hydrogens (tertiary/aromatic N) is 3.